The van der Waals surface area contributed by atoms with Gasteiger partial charge in [-0.1, -0.05) is 18.2 Å². The first-order chi connectivity index (χ1) is 15.0. The van der Waals surface area contributed by atoms with Crippen molar-refractivity contribution < 1.29 is 4.74 Å². The van der Waals surface area contributed by atoms with Gasteiger partial charge in [0.15, 0.2) is 5.65 Å². The van der Waals surface area contributed by atoms with Gasteiger partial charge in [0.05, 0.1) is 29.7 Å². The van der Waals surface area contributed by atoms with E-state index >= 15 is 0 Å². The Kier molecular flexibility index (Phi) is 4.67. The third-order valence-electron chi connectivity index (χ3n) is 4.99. The lowest BCUT2D eigenvalue weighted by Gasteiger charge is -2.14. The largest absolute Gasteiger partial charge is 0.495 e. The van der Waals surface area contributed by atoms with E-state index in [9.17, 15) is 4.79 Å². The number of nitrogens with one attached hydrogen (secondary N) is 4. The molecule has 0 radical (unpaired) electrons. The predicted octanol–water partition coefficient (Wildman–Crippen LogP) is 1.96. The maximum Gasteiger partial charge on any atom is 0.323 e. The quantitative estimate of drug-likeness (QED) is 0.367. The molecule has 0 aliphatic heterocycles. The molecule has 1 aliphatic carbocycles. The first kappa shape index (κ1) is 19.3. The molecule has 1 fully saturated rings. The summed E-state index contributed by atoms with van der Waals surface area (Å²) in [5.41, 5.74) is 1.74. The number of nitrogens with zero attached hydrogens (tertiary/aromatic N) is 3. The minimum absolute atomic E-state index is 0.313. The van der Waals surface area contributed by atoms with Gasteiger partial charge < -0.3 is 25.3 Å². The number of aromatic nitrogens is 5. The van der Waals surface area contributed by atoms with E-state index in [0.717, 1.165) is 24.2 Å². The summed E-state index contributed by atoms with van der Waals surface area (Å²) in [6, 6.07) is 7.66. The van der Waals surface area contributed by atoms with E-state index in [-0.39, 0.29) is 5.69 Å². The summed E-state index contributed by atoms with van der Waals surface area (Å²) in [4.78, 5) is 21.7. The molecule has 0 spiro atoms. The molecular weight excluding hydrogens is 418 g/mol. The number of H-pyrrole nitrogens is 2. The SMILES string of the molecule is C=c1[nH]c(=O)[nH]/c1=C\c1cnn2c(NC3CC3)cc(Nc3cc(Cl)ccc3OC)nc12. The Morgan fingerprint density at radius 1 is 1.32 bits per heavy atom. The number of aromatic amines is 2. The van der Waals surface area contributed by atoms with Crippen molar-refractivity contribution in [3.8, 4) is 5.75 Å². The number of ether oxygens (including phenoxy) is 1. The minimum Gasteiger partial charge on any atom is -0.495 e. The second-order valence-electron chi connectivity index (χ2n) is 7.37. The normalized spacial score (nSPS) is 14.2. The van der Waals surface area contributed by atoms with Crippen LogP contribution in [0.1, 0.15) is 18.4 Å². The Morgan fingerprint density at radius 3 is 2.87 bits per heavy atom. The summed E-state index contributed by atoms with van der Waals surface area (Å²) in [6.45, 7) is 3.85. The summed E-state index contributed by atoms with van der Waals surface area (Å²) in [5.74, 6) is 2.06. The number of fused-ring (bicyclic) bond motifs is 1. The third-order valence-corrected chi connectivity index (χ3v) is 5.23. The molecular formula is C21H20ClN7O2. The Labute approximate surface area is 181 Å². The zero-order chi connectivity index (χ0) is 21.5. The van der Waals surface area contributed by atoms with Crippen molar-refractivity contribution in [1.82, 2.24) is 24.6 Å². The van der Waals surface area contributed by atoms with Crippen molar-refractivity contribution in [3.05, 3.63) is 62.2 Å². The van der Waals surface area contributed by atoms with Crippen LogP contribution in [0.2, 0.25) is 5.02 Å². The lowest BCUT2D eigenvalue weighted by molar-refractivity contribution is 0.417. The molecule has 3 heterocycles. The highest BCUT2D eigenvalue weighted by Crippen LogP contribution is 2.32. The number of benzene rings is 1. The topological polar surface area (TPSA) is 112 Å². The van der Waals surface area contributed by atoms with Crippen LogP contribution in [-0.4, -0.2) is 37.7 Å². The monoisotopic (exact) mass is 437 g/mol. The Balaban J connectivity index is 1.64. The van der Waals surface area contributed by atoms with Crippen LogP contribution in [0, 0.1) is 0 Å². The van der Waals surface area contributed by atoms with Crippen LogP contribution in [0.4, 0.5) is 17.3 Å². The van der Waals surface area contributed by atoms with Crippen LogP contribution in [-0.2, 0) is 0 Å². The van der Waals surface area contributed by atoms with Gasteiger partial charge in [0.2, 0.25) is 0 Å². The van der Waals surface area contributed by atoms with Crippen molar-refractivity contribution in [2.45, 2.75) is 18.9 Å². The van der Waals surface area contributed by atoms with Crippen molar-refractivity contribution in [2.24, 2.45) is 0 Å². The summed E-state index contributed by atoms with van der Waals surface area (Å²) in [6.07, 6.45) is 5.73. The van der Waals surface area contributed by atoms with E-state index < -0.39 is 0 Å². The lowest BCUT2D eigenvalue weighted by atomic mass is 10.3. The zero-order valence-corrected chi connectivity index (χ0v) is 17.5. The maximum absolute atomic E-state index is 11.6. The van der Waals surface area contributed by atoms with Gasteiger partial charge in [0, 0.05) is 22.7 Å². The highest BCUT2D eigenvalue weighted by molar-refractivity contribution is 6.31. The van der Waals surface area contributed by atoms with Crippen molar-refractivity contribution in [1.29, 1.82) is 0 Å². The van der Waals surface area contributed by atoms with Crippen LogP contribution < -0.4 is 31.8 Å². The molecule has 0 saturated heterocycles. The molecule has 0 amide bonds. The standard InChI is InChI=1S/C21H20ClN7O2/c1-11-15(27-21(30)24-11)7-12-10-23-29-19(25-14-4-5-14)9-18(28-20(12)29)26-16-8-13(22)3-6-17(16)31-2/h3,6-10,14,25H,1,4-5H2,2H3,(H,26,28)(H2,24,27,30)/b15-7-. The zero-order valence-electron chi connectivity index (χ0n) is 16.7. The Morgan fingerprint density at radius 2 is 2.16 bits per heavy atom. The molecule has 4 aromatic rings. The highest BCUT2D eigenvalue weighted by Gasteiger charge is 2.23. The van der Waals surface area contributed by atoms with Crippen LogP contribution in [0.25, 0.3) is 18.3 Å². The molecule has 31 heavy (non-hydrogen) atoms. The number of hydrogen-bond acceptors (Lipinski definition) is 6. The van der Waals surface area contributed by atoms with Crippen molar-refractivity contribution in [2.75, 3.05) is 17.7 Å². The third kappa shape index (κ3) is 3.87. The number of imidazole rings is 1. The van der Waals surface area contributed by atoms with Gasteiger partial charge in [0.25, 0.3) is 0 Å². The fourth-order valence-corrected chi connectivity index (χ4v) is 3.49. The molecule has 9 nitrogen and oxygen atoms in total. The van der Waals surface area contributed by atoms with E-state index in [2.05, 4.69) is 32.3 Å². The Bertz CT molecular complexity index is 1450. The average Bonchev–Trinajstić information content (AvgIpc) is 3.37. The van der Waals surface area contributed by atoms with Gasteiger partial charge in [-0.15, -0.1) is 0 Å². The Hall–Kier alpha value is -3.72. The fourth-order valence-electron chi connectivity index (χ4n) is 3.31. The molecule has 4 N–H and O–H groups in total. The number of halogens is 1. The van der Waals surface area contributed by atoms with Gasteiger partial charge in [0.1, 0.15) is 17.4 Å². The molecule has 1 aromatic carbocycles. The predicted molar refractivity (Wildman–Crippen MR) is 121 cm³/mol. The van der Waals surface area contributed by atoms with E-state index in [1.165, 1.54) is 0 Å². The van der Waals surface area contributed by atoms with E-state index in [4.69, 9.17) is 21.3 Å². The molecule has 1 saturated carbocycles. The summed E-state index contributed by atoms with van der Waals surface area (Å²) < 4.78 is 7.18. The van der Waals surface area contributed by atoms with Gasteiger partial charge in [-0.2, -0.15) is 9.61 Å². The van der Waals surface area contributed by atoms with Gasteiger partial charge in [-0.3, -0.25) is 0 Å². The summed E-state index contributed by atoms with van der Waals surface area (Å²) >= 11 is 6.17. The van der Waals surface area contributed by atoms with Gasteiger partial charge in [-0.05, 0) is 37.1 Å². The first-order valence-corrected chi connectivity index (χ1v) is 10.1. The van der Waals surface area contributed by atoms with E-state index in [1.807, 2.05) is 6.07 Å². The maximum atomic E-state index is 11.6. The number of methoxy groups -OCH3 is 1. The fraction of sp³-hybridized carbons (Fsp3) is 0.190. The number of hydrogen-bond donors (Lipinski definition) is 4. The molecule has 0 atom stereocenters. The van der Waals surface area contributed by atoms with E-state index in [0.29, 0.717) is 44.7 Å². The molecule has 1 aliphatic rings. The highest BCUT2D eigenvalue weighted by atomic mass is 35.5. The molecule has 0 bridgehead atoms. The molecule has 158 valence electrons. The average molecular weight is 438 g/mol. The molecule has 0 unspecified atom stereocenters. The van der Waals surface area contributed by atoms with Crippen molar-refractivity contribution >= 4 is 47.2 Å². The van der Waals surface area contributed by atoms with Gasteiger partial charge in [-0.25, -0.2) is 9.78 Å². The molecule has 10 heteroatoms. The van der Waals surface area contributed by atoms with Crippen LogP contribution in [0.15, 0.2) is 35.3 Å². The van der Waals surface area contributed by atoms with Crippen LogP contribution >= 0.6 is 11.6 Å². The van der Waals surface area contributed by atoms with E-state index in [1.54, 1.807) is 42.1 Å². The van der Waals surface area contributed by atoms with Crippen molar-refractivity contribution in [3.63, 3.8) is 0 Å². The van der Waals surface area contributed by atoms with Gasteiger partial charge >= 0.3 is 5.69 Å². The van der Waals surface area contributed by atoms with Crippen LogP contribution in [0.5, 0.6) is 5.75 Å². The second kappa shape index (κ2) is 7.51. The second-order valence-corrected chi connectivity index (χ2v) is 7.80. The summed E-state index contributed by atoms with van der Waals surface area (Å²) in [7, 11) is 1.60. The molecule has 5 rings (SSSR count). The first-order valence-electron chi connectivity index (χ1n) is 9.75. The number of rotatable bonds is 6. The van der Waals surface area contributed by atoms with Crippen LogP contribution in [0.3, 0.4) is 0 Å². The summed E-state index contributed by atoms with van der Waals surface area (Å²) in [5, 5.41) is 12.9. The minimum atomic E-state index is -0.313. The lowest BCUT2D eigenvalue weighted by Crippen LogP contribution is -2.22. The molecule has 3 aromatic heterocycles. The number of anilines is 3. The smallest absolute Gasteiger partial charge is 0.323 e.